The van der Waals surface area contributed by atoms with E-state index in [1.165, 1.54) is 29.9 Å². The van der Waals surface area contributed by atoms with Crippen LogP contribution < -0.4 is 10.1 Å². The molecule has 1 saturated heterocycles. The summed E-state index contributed by atoms with van der Waals surface area (Å²) in [6, 6.07) is 8.77. The first-order valence-corrected chi connectivity index (χ1v) is 8.44. The molecule has 19 heavy (non-hydrogen) atoms. The van der Waals surface area contributed by atoms with Crippen molar-refractivity contribution in [3.63, 3.8) is 0 Å². The predicted octanol–water partition coefficient (Wildman–Crippen LogP) is 3.88. The topological polar surface area (TPSA) is 21.3 Å². The molecule has 0 aromatic heterocycles. The minimum atomic E-state index is 0.408. The van der Waals surface area contributed by atoms with Crippen LogP contribution in [0.2, 0.25) is 0 Å². The van der Waals surface area contributed by atoms with Crippen molar-refractivity contribution < 1.29 is 4.74 Å². The lowest BCUT2D eigenvalue weighted by molar-refractivity contribution is 0.378. The molecule has 3 heteroatoms. The predicted molar refractivity (Wildman–Crippen MR) is 84.1 cm³/mol. The van der Waals surface area contributed by atoms with Crippen molar-refractivity contribution in [2.24, 2.45) is 5.92 Å². The molecule has 0 bridgehead atoms. The molecule has 2 nitrogen and oxygen atoms in total. The van der Waals surface area contributed by atoms with Crippen LogP contribution >= 0.6 is 11.8 Å². The number of para-hydroxylation sites is 1. The van der Waals surface area contributed by atoms with E-state index in [1.807, 2.05) is 6.07 Å². The van der Waals surface area contributed by atoms with Crippen molar-refractivity contribution in [1.29, 1.82) is 0 Å². The molecule has 0 saturated carbocycles. The standard InChI is InChI=1S/C16H25NOS/c1-3-15(14-6-4-5-7-16(14)18-2)17-12-13-8-10-19-11-9-13/h4-7,13,15,17H,3,8-12H2,1-2H3. The Labute approximate surface area is 121 Å². The van der Waals surface area contributed by atoms with Gasteiger partial charge >= 0.3 is 0 Å². The first kappa shape index (κ1) is 14.7. The number of hydrogen-bond acceptors (Lipinski definition) is 3. The van der Waals surface area contributed by atoms with Gasteiger partial charge in [0.15, 0.2) is 0 Å². The van der Waals surface area contributed by atoms with E-state index in [-0.39, 0.29) is 0 Å². The molecule has 2 rings (SSSR count). The Morgan fingerprint density at radius 3 is 2.74 bits per heavy atom. The van der Waals surface area contributed by atoms with Crippen LogP contribution in [0.5, 0.6) is 5.75 Å². The number of benzene rings is 1. The average Bonchev–Trinajstić information content (AvgIpc) is 2.49. The smallest absolute Gasteiger partial charge is 0.123 e. The van der Waals surface area contributed by atoms with Gasteiger partial charge in [0, 0.05) is 11.6 Å². The number of ether oxygens (including phenoxy) is 1. The van der Waals surface area contributed by atoms with Gasteiger partial charge < -0.3 is 10.1 Å². The van der Waals surface area contributed by atoms with Crippen molar-refractivity contribution in [3.05, 3.63) is 29.8 Å². The normalized spacial score (nSPS) is 18.2. The van der Waals surface area contributed by atoms with Crippen LogP contribution in [0.4, 0.5) is 0 Å². The largest absolute Gasteiger partial charge is 0.496 e. The lowest BCUT2D eigenvalue weighted by atomic mass is 9.99. The van der Waals surface area contributed by atoms with Gasteiger partial charge in [-0.3, -0.25) is 0 Å². The molecule has 0 radical (unpaired) electrons. The molecule has 0 aliphatic carbocycles. The Morgan fingerprint density at radius 1 is 1.32 bits per heavy atom. The summed E-state index contributed by atoms with van der Waals surface area (Å²) in [6.45, 7) is 3.37. The van der Waals surface area contributed by atoms with Gasteiger partial charge in [-0.05, 0) is 49.3 Å². The molecule has 106 valence electrons. The van der Waals surface area contributed by atoms with Crippen molar-refractivity contribution in [2.75, 3.05) is 25.2 Å². The zero-order chi connectivity index (χ0) is 13.5. The Bertz CT molecular complexity index is 377. The van der Waals surface area contributed by atoms with Crippen LogP contribution in [0.15, 0.2) is 24.3 Å². The van der Waals surface area contributed by atoms with Crippen molar-refractivity contribution in [3.8, 4) is 5.75 Å². The van der Waals surface area contributed by atoms with E-state index in [9.17, 15) is 0 Å². The fraction of sp³-hybridized carbons (Fsp3) is 0.625. The summed E-state index contributed by atoms with van der Waals surface area (Å²) in [7, 11) is 1.75. The maximum Gasteiger partial charge on any atom is 0.123 e. The molecule has 1 N–H and O–H groups in total. The second-order valence-electron chi connectivity index (χ2n) is 5.17. The van der Waals surface area contributed by atoms with Crippen LogP contribution in [0.3, 0.4) is 0 Å². The van der Waals surface area contributed by atoms with Crippen LogP contribution in [0.1, 0.15) is 37.8 Å². The first-order valence-electron chi connectivity index (χ1n) is 7.29. The molecule has 1 aromatic carbocycles. The number of thioether (sulfide) groups is 1. The number of rotatable bonds is 6. The molecule has 1 fully saturated rings. The summed E-state index contributed by atoms with van der Waals surface area (Å²) in [5.41, 5.74) is 1.29. The summed E-state index contributed by atoms with van der Waals surface area (Å²) in [6.07, 6.45) is 3.82. The second-order valence-corrected chi connectivity index (χ2v) is 6.39. The zero-order valence-corrected chi connectivity index (χ0v) is 12.8. The van der Waals surface area contributed by atoms with Gasteiger partial charge in [-0.1, -0.05) is 25.1 Å². The van der Waals surface area contributed by atoms with Crippen LogP contribution in [-0.4, -0.2) is 25.2 Å². The van der Waals surface area contributed by atoms with Crippen LogP contribution in [0.25, 0.3) is 0 Å². The van der Waals surface area contributed by atoms with E-state index < -0.39 is 0 Å². The monoisotopic (exact) mass is 279 g/mol. The second kappa shape index (κ2) is 7.81. The third-order valence-corrected chi connectivity index (χ3v) is 4.97. The SMILES string of the molecule is CCC(NCC1CCSCC1)c1ccccc1OC. The first-order chi connectivity index (χ1) is 9.35. The maximum absolute atomic E-state index is 5.48. The van der Waals surface area contributed by atoms with Crippen molar-refractivity contribution in [2.45, 2.75) is 32.2 Å². The summed E-state index contributed by atoms with van der Waals surface area (Å²) in [4.78, 5) is 0. The van der Waals surface area contributed by atoms with Gasteiger partial charge in [0.1, 0.15) is 5.75 Å². The van der Waals surface area contributed by atoms with Crippen LogP contribution in [0, 0.1) is 5.92 Å². The van der Waals surface area contributed by atoms with Gasteiger partial charge in [-0.15, -0.1) is 0 Å². The molecule has 1 atom stereocenters. The summed E-state index contributed by atoms with van der Waals surface area (Å²) >= 11 is 2.09. The lowest BCUT2D eigenvalue weighted by Gasteiger charge is -2.26. The van der Waals surface area contributed by atoms with E-state index >= 15 is 0 Å². The quantitative estimate of drug-likeness (QED) is 0.854. The van der Waals surface area contributed by atoms with Gasteiger partial charge in [0.25, 0.3) is 0 Å². The van der Waals surface area contributed by atoms with E-state index in [0.29, 0.717) is 6.04 Å². The van der Waals surface area contributed by atoms with Crippen LogP contribution in [-0.2, 0) is 0 Å². The zero-order valence-electron chi connectivity index (χ0n) is 12.0. The number of methoxy groups -OCH3 is 1. The van der Waals surface area contributed by atoms with Gasteiger partial charge in [0.05, 0.1) is 7.11 Å². The van der Waals surface area contributed by atoms with Crippen molar-refractivity contribution >= 4 is 11.8 Å². The van der Waals surface area contributed by atoms with Crippen molar-refractivity contribution in [1.82, 2.24) is 5.32 Å². The number of nitrogens with one attached hydrogen (secondary N) is 1. The van der Waals surface area contributed by atoms with E-state index in [0.717, 1.165) is 24.6 Å². The summed E-state index contributed by atoms with van der Waals surface area (Å²) in [5, 5.41) is 3.74. The Hall–Kier alpha value is -0.670. The Balaban J connectivity index is 1.95. The molecule has 0 spiro atoms. The van der Waals surface area contributed by atoms with E-state index in [4.69, 9.17) is 4.74 Å². The molecular formula is C16H25NOS. The molecule has 0 amide bonds. The van der Waals surface area contributed by atoms with Gasteiger partial charge in [0.2, 0.25) is 0 Å². The summed E-state index contributed by atoms with van der Waals surface area (Å²) in [5.74, 6) is 4.52. The minimum Gasteiger partial charge on any atom is -0.496 e. The third kappa shape index (κ3) is 4.15. The average molecular weight is 279 g/mol. The highest BCUT2D eigenvalue weighted by molar-refractivity contribution is 7.99. The molecule has 1 aromatic rings. The van der Waals surface area contributed by atoms with Gasteiger partial charge in [-0.2, -0.15) is 11.8 Å². The van der Waals surface area contributed by atoms with Gasteiger partial charge in [-0.25, -0.2) is 0 Å². The highest BCUT2D eigenvalue weighted by atomic mass is 32.2. The maximum atomic E-state index is 5.48. The fourth-order valence-electron chi connectivity index (χ4n) is 2.69. The molecular weight excluding hydrogens is 254 g/mol. The fourth-order valence-corrected chi connectivity index (χ4v) is 3.89. The Morgan fingerprint density at radius 2 is 2.05 bits per heavy atom. The van der Waals surface area contributed by atoms with E-state index in [1.54, 1.807) is 7.11 Å². The summed E-state index contributed by atoms with van der Waals surface area (Å²) < 4.78 is 5.48. The molecule has 1 heterocycles. The third-order valence-electron chi connectivity index (χ3n) is 3.92. The molecule has 1 unspecified atom stereocenters. The number of hydrogen-bond donors (Lipinski definition) is 1. The molecule has 1 aliphatic rings. The lowest BCUT2D eigenvalue weighted by Crippen LogP contribution is -2.29. The highest BCUT2D eigenvalue weighted by Crippen LogP contribution is 2.28. The van der Waals surface area contributed by atoms with E-state index in [2.05, 4.69) is 42.2 Å². The molecule has 1 aliphatic heterocycles. The minimum absolute atomic E-state index is 0.408. The Kier molecular flexibility index (Phi) is 6.05. The highest BCUT2D eigenvalue weighted by Gasteiger charge is 2.17.